The standard InChI is InChI=1S/C8H16FN/c1-7-4-5-10(3)6-8(7,2)9/h7H,4-6H2,1-3H3. The molecule has 60 valence electrons. The second kappa shape index (κ2) is 2.50. The summed E-state index contributed by atoms with van der Waals surface area (Å²) in [7, 11) is 1.98. The van der Waals surface area contributed by atoms with Gasteiger partial charge in [0.1, 0.15) is 5.67 Å². The number of hydrogen-bond donors (Lipinski definition) is 0. The number of alkyl halides is 1. The van der Waals surface area contributed by atoms with Crippen LogP contribution in [-0.4, -0.2) is 30.7 Å². The maximum atomic E-state index is 13.5. The Morgan fingerprint density at radius 2 is 2.20 bits per heavy atom. The summed E-state index contributed by atoms with van der Waals surface area (Å²) in [6.07, 6.45) is 0.990. The largest absolute Gasteiger partial charge is 0.303 e. The highest BCUT2D eigenvalue weighted by atomic mass is 19.1. The third-order valence-electron chi connectivity index (χ3n) is 2.55. The fraction of sp³-hybridized carbons (Fsp3) is 1.00. The molecule has 1 heterocycles. The molecule has 1 aliphatic heterocycles. The Bertz CT molecular complexity index is 122. The molecule has 0 N–H and O–H groups in total. The highest BCUT2D eigenvalue weighted by molar-refractivity contribution is 4.87. The number of piperidine rings is 1. The molecular formula is C8H16FN. The van der Waals surface area contributed by atoms with Crippen LogP contribution in [0.3, 0.4) is 0 Å². The number of likely N-dealkylation sites (tertiary alicyclic amines) is 1. The third kappa shape index (κ3) is 1.48. The Balaban J connectivity index is 2.55. The van der Waals surface area contributed by atoms with Gasteiger partial charge in [-0.2, -0.15) is 0 Å². The molecule has 0 spiro atoms. The lowest BCUT2D eigenvalue weighted by molar-refractivity contribution is 0.0250. The van der Waals surface area contributed by atoms with Gasteiger partial charge in [-0.3, -0.25) is 0 Å². The monoisotopic (exact) mass is 145 g/mol. The molecule has 2 unspecified atom stereocenters. The lowest BCUT2D eigenvalue weighted by Crippen LogP contribution is -2.46. The molecule has 0 amide bonds. The van der Waals surface area contributed by atoms with Gasteiger partial charge in [0, 0.05) is 6.54 Å². The van der Waals surface area contributed by atoms with Gasteiger partial charge in [0.15, 0.2) is 0 Å². The van der Waals surface area contributed by atoms with Gasteiger partial charge in [-0.25, -0.2) is 4.39 Å². The van der Waals surface area contributed by atoms with Crippen LogP contribution < -0.4 is 0 Å². The molecule has 0 aromatic heterocycles. The van der Waals surface area contributed by atoms with Crippen LogP contribution in [-0.2, 0) is 0 Å². The van der Waals surface area contributed by atoms with Gasteiger partial charge in [-0.1, -0.05) is 6.92 Å². The molecule has 0 radical (unpaired) electrons. The lowest BCUT2D eigenvalue weighted by atomic mass is 9.86. The summed E-state index contributed by atoms with van der Waals surface area (Å²) < 4.78 is 13.5. The second-order valence-corrected chi connectivity index (χ2v) is 3.71. The topological polar surface area (TPSA) is 3.24 Å². The van der Waals surface area contributed by atoms with E-state index in [1.165, 1.54) is 0 Å². The Kier molecular flexibility index (Phi) is 1.99. The molecule has 0 saturated carbocycles. The molecular weight excluding hydrogens is 129 g/mol. The van der Waals surface area contributed by atoms with Gasteiger partial charge >= 0.3 is 0 Å². The first-order chi connectivity index (χ1) is 4.52. The first-order valence-electron chi connectivity index (χ1n) is 3.90. The fourth-order valence-electron chi connectivity index (χ4n) is 1.48. The van der Waals surface area contributed by atoms with E-state index in [-0.39, 0.29) is 5.92 Å². The van der Waals surface area contributed by atoms with E-state index in [0.717, 1.165) is 13.0 Å². The van der Waals surface area contributed by atoms with Gasteiger partial charge in [-0.05, 0) is 32.9 Å². The van der Waals surface area contributed by atoms with Crippen molar-refractivity contribution in [1.29, 1.82) is 0 Å². The number of halogens is 1. The maximum absolute atomic E-state index is 13.5. The molecule has 1 fully saturated rings. The van der Waals surface area contributed by atoms with E-state index < -0.39 is 5.67 Å². The van der Waals surface area contributed by atoms with Crippen molar-refractivity contribution in [1.82, 2.24) is 4.90 Å². The highest BCUT2D eigenvalue weighted by Gasteiger charge is 2.35. The van der Waals surface area contributed by atoms with Crippen molar-refractivity contribution in [3.63, 3.8) is 0 Å². The summed E-state index contributed by atoms with van der Waals surface area (Å²) in [5.41, 5.74) is -0.965. The number of nitrogens with zero attached hydrogens (tertiary/aromatic N) is 1. The smallest absolute Gasteiger partial charge is 0.123 e. The number of hydrogen-bond acceptors (Lipinski definition) is 1. The van der Waals surface area contributed by atoms with Crippen LogP contribution in [0.4, 0.5) is 4.39 Å². The van der Waals surface area contributed by atoms with Crippen molar-refractivity contribution >= 4 is 0 Å². The molecule has 1 saturated heterocycles. The minimum absolute atomic E-state index is 0.226. The summed E-state index contributed by atoms with van der Waals surface area (Å²) in [5.74, 6) is 0.226. The van der Waals surface area contributed by atoms with Crippen molar-refractivity contribution < 1.29 is 4.39 Å². The van der Waals surface area contributed by atoms with E-state index in [1.807, 2.05) is 14.0 Å². The SMILES string of the molecule is CC1CCN(C)CC1(C)F. The van der Waals surface area contributed by atoms with E-state index >= 15 is 0 Å². The van der Waals surface area contributed by atoms with Crippen LogP contribution in [0.25, 0.3) is 0 Å². The normalized spacial score (nSPS) is 43.8. The summed E-state index contributed by atoms with van der Waals surface area (Å²) in [6.45, 7) is 5.33. The number of rotatable bonds is 0. The molecule has 0 aromatic rings. The molecule has 2 heteroatoms. The van der Waals surface area contributed by atoms with Crippen LogP contribution >= 0.6 is 0 Å². The molecule has 10 heavy (non-hydrogen) atoms. The predicted molar refractivity (Wildman–Crippen MR) is 40.8 cm³/mol. The summed E-state index contributed by atoms with van der Waals surface area (Å²) in [6, 6.07) is 0. The van der Waals surface area contributed by atoms with Gasteiger partial charge < -0.3 is 4.90 Å². The van der Waals surface area contributed by atoms with Gasteiger partial charge in [0.05, 0.1) is 0 Å². The Labute approximate surface area is 62.2 Å². The van der Waals surface area contributed by atoms with Crippen molar-refractivity contribution in [3.8, 4) is 0 Å². The second-order valence-electron chi connectivity index (χ2n) is 3.71. The zero-order valence-electron chi connectivity index (χ0n) is 7.02. The minimum Gasteiger partial charge on any atom is -0.303 e. The van der Waals surface area contributed by atoms with E-state index in [9.17, 15) is 4.39 Å². The van der Waals surface area contributed by atoms with E-state index in [4.69, 9.17) is 0 Å². The zero-order chi connectivity index (χ0) is 7.78. The van der Waals surface area contributed by atoms with E-state index in [0.29, 0.717) is 6.54 Å². The maximum Gasteiger partial charge on any atom is 0.123 e. The summed E-state index contributed by atoms with van der Waals surface area (Å²) in [4.78, 5) is 2.06. The molecule has 1 aliphatic rings. The molecule has 0 aromatic carbocycles. The average Bonchev–Trinajstić information content (AvgIpc) is 1.78. The average molecular weight is 145 g/mol. The quantitative estimate of drug-likeness (QED) is 0.501. The van der Waals surface area contributed by atoms with Gasteiger partial charge in [0.2, 0.25) is 0 Å². The Morgan fingerprint density at radius 1 is 1.60 bits per heavy atom. The zero-order valence-corrected chi connectivity index (χ0v) is 7.02. The molecule has 2 atom stereocenters. The lowest BCUT2D eigenvalue weighted by Gasteiger charge is -2.37. The first-order valence-corrected chi connectivity index (χ1v) is 3.90. The van der Waals surface area contributed by atoms with Crippen LogP contribution in [0.1, 0.15) is 20.3 Å². The van der Waals surface area contributed by atoms with E-state index in [1.54, 1.807) is 6.92 Å². The van der Waals surface area contributed by atoms with E-state index in [2.05, 4.69) is 4.90 Å². The van der Waals surface area contributed by atoms with Crippen molar-refractivity contribution in [2.45, 2.75) is 25.9 Å². The highest BCUT2D eigenvalue weighted by Crippen LogP contribution is 2.29. The predicted octanol–water partition coefficient (Wildman–Crippen LogP) is 1.69. The molecule has 1 nitrogen and oxygen atoms in total. The third-order valence-corrected chi connectivity index (χ3v) is 2.55. The molecule has 0 bridgehead atoms. The van der Waals surface area contributed by atoms with Crippen LogP contribution in [0.2, 0.25) is 0 Å². The minimum atomic E-state index is -0.965. The van der Waals surface area contributed by atoms with Crippen LogP contribution in [0, 0.1) is 5.92 Å². The van der Waals surface area contributed by atoms with Gasteiger partial charge in [-0.15, -0.1) is 0 Å². The Hall–Kier alpha value is -0.110. The molecule has 0 aliphatic carbocycles. The summed E-state index contributed by atoms with van der Waals surface area (Å²) >= 11 is 0. The first kappa shape index (κ1) is 7.99. The van der Waals surface area contributed by atoms with Gasteiger partial charge in [0.25, 0.3) is 0 Å². The van der Waals surface area contributed by atoms with Crippen molar-refractivity contribution in [3.05, 3.63) is 0 Å². The summed E-state index contributed by atoms with van der Waals surface area (Å²) in [5, 5.41) is 0. The molecule has 1 rings (SSSR count). The Morgan fingerprint density at radius 3 is 2.60 bits per heavy atom. The fourth-order valence-corrected chi connectivity index (χ4v) is 1.48. The van der Waals surface area contributed by atoms with Crippen LogP contribution in [0.5, 0.6) is 0 Å². The van der Waals surface area contributed by atoms with Crippen LogP contribution in [0.15, 0.2) is 0 Å². The van der Waals surface area contributed by atoms with Crippen molar-refractivity contribution in [2.75, 3.05) is 20.1 Å². The van der Waals surface area contributed by atoms with Crippen molar-refractivity contribution in [2.24, 2.45) is 5.92 Å².